The van der Waals surface area contributed by atoms with E-state index in [4.69, 9.17) is 17.3 Å². The van der Waals surface area contributed by atoms with E-state index in [2.05, 4.69) is 33.5 Å². The minimum absolute atomic E-state index is 0.0817. The molecule has 2 aromatic carbocycles. The average Bonchev–Trinajstić information content (AvgIpc) is 3.65. The topological polar surface area (TPSA) is 38.9 Å². The molecule has 0 radical (unpaired) electrons. The van der Waals surface area contributed by atoms with Crippen LogP contribution in [-0.2, 0) is 13.2 Å². The molecule has 0 aliphatic heterocycles. The summed E-state index contributed by atoms with van der Waals surface area (Å²) >= 11 is 5.91. The molecule has 2 aromatic heterocycles. The summed E-state index contributed by atoms with van der Waals surface area (Å²) in [5, 5.41) is 4.92. The van der Waals surface area contributed by atoms with Crippen molar-refractivity contribution in [1.82, 2.24) is 24.2 Å². The first kappa shape index (κ1) is 21.7. The van der Waals surface area contributed by atoms with E-state index >= 15 is 0 Å². The van der Waals surface area contributed by atoms with Gasteiger partial charge in [0, 0.05) is 35.6 Å². The van der Waals surface area contributed by atoms with E-state index in [1.54, 1.807) is 12.3 Å². The first-order valence-electron chi connectivity index (χ1n) is 11.2. The zero-order valence-corrected chi connectivity index (χ0v) is 19.3. The smallest absolute Gasteiger partial charge is 0.199 e. The van der Waals surface area contributed by atoms with Gasteiger partial charge in [0.2, 0.25) is 0 Å². The van der Waals surface area contributed by atoms with E-state index in [-0.39, 0.29) is 11.9 Å². The summed E-state index contributed by atoms with van der Waals surface area (Å²) in [4.78, 5) is 6.58. The van der Waals surface area contributed by atoms with Crippen LogP contribution in [0.4, 0.5) is 4.39 Å². The number of benzene rings is 2. The van der Waals surface area contributed by atoms with Gasteiger partial charge >= 0.3 is 0 Å². The molecule has 1 atom stereocenters. The van der Waals surface area contributed by atoms with Crippen LogP contribution in [0.1, 0.15) is 36.9 Å². The Bertz CT molecular complexity index is 1280. The Morgan fingerprint density at radius 3 is 2.52 bits per heavy atom. The SMILES string of the molecule is C[C@H](c1ccccc1F)N(Cn1nc(-c2cccnc2)n(Cc2ccccc2)c1=S)C1CC1. The van der Waals surface area contributed by atoms with Crippen molar-refractivity contribution in [2.75, 3.05) is 0 Å². The van der Waals surface area contributed by atoms with Gasteiger partial charge in [-0.25, -0.2) is 9.07 Å². The molecule has 1 saturated carbocycles. The molecule has 0 N–H and O–H groups in total. The Balaban J connectivity index is 1.52. The number of nitrogens with zero attached hydrogens (tertiary/aromatic N) is 5. The van der Waals surface area contributed by atoms with E-state index in [0.29, 0.717) is 29.6 Å². The van der Waals surface area contributed by atoms with E-state index < -0.39 is 0 Å². The van der Waals surface area contributed by atoms with Crippen molar-refractivity contribution in [3.8, 4) is 11.4 Å². The fraction of sp³-hybridized carbons (Fsp3) is 0.269. The third-order valence-electron chi connectivity index (χ3n) is 6.19. The van der Waals surface area contributed by atoms with Crippen molar-refractivity contribution >= 4 is 12.2 Å². The maximum Gasteiger partial charge on any atom is 0.199 e. The van der Waals surface area contributed by atoms with Crippen LogP contribution in [-0.4, -0.2) is 30.3 Å². The third-order valence-corrected chi connectivity index (χ3v) is 6.62. The zero-order chi connectivity index (χ0) is 22.8. The Morgan fingerprint density at radius 1 is 1.06 bits per heavy atom. The molecule has 1 fully saturated rings. The van der Waals surface area contributed by atoms with Crippen LogP contribution in [0.25, 0.3) is 11.4 Å². The highest BCUT2D eigenvalue weighted by Gasteiger charge is 2.34. The number of hydrogen-bond acceptors (Lipinski definition) is 4. The van der Waals surface area contributed by atoms with E-state index in [0.717, 1.165) is 29.8 Å². The molecule has 0 saturated heterocycles. The van der Waals surface area contributed by atoms with Gasteiger partial charge in [0.15, 0.2) is 10.6 Å². The lowest BCUT2D eigenvalue weighted by molar-refractivity contribution is 0.139. The van der Waals surface area contributed by atoms with Gasteiger partial charge in [0.05, 0.1) is 13.2 Å². The van der Waals surface area contributed by atoms with Crippen LogP contribution in [0, 0.1) is 10.6 Å². The number of hydrogen-bond donors (Lipinski definition) is 0. The van der Waals surface area contributed by atoms with Gasteiger partial charge in [-0.15, -0.1) is 0 Å². The minimum atomic E-state index is -0.176. The van der Waals surface area contributed by atoms with E-state index in [9.17, 15) is 4.39 Å². The first-order chi connectivity index (χ1) is 16.1. The number of pyridine rings is 1. The summed E-state index contributed by atoms with van der Waals surface area (Å²) in [5.41, 5.74) is 2.77. The average molecular weight is 460 g/mol. The molecule has 168 valence electrons. The van der Waals surface area contributed by atoms with Crippen molar-refractivity contribution in [2.45, 2.75) is 45.1 Å². The van der Waals surface area contributed by atoms with Crippen LogP contribution in [0.3, 0.4) is 0 Å². The van der Waals surface area contributed by atoms with Crippen molar-refractivity contribution in [3.63, 3.8) is 0 Å². The van der Waals surface area contributed by atoms with Crippen LogP contribution in [0.2, 0.25) is 0 Å². The Morgan fingerprint density at radius 2 is 1.82 bits per heavy atom. The molecule has 1 aliphatic rings. The van der Waals surface area contributed by atoms with Crippen LogP contribution < -0.4 is 0 Å². The van der Waals surface area contributed by atoms with E-state index in [1.807, 2.05) is 53.3 Å². The molecule has 0 bridgehead atoms. The summed E-state index contributed by atoms with van der Waals surface area (Å²) < 4.78 is 19.1. The second-order valence-electron chi connectivity index (χ2n) is 8.50. The quantitative estimate of drug-likeness (QED) is 0.310. The highest BCUT2D eigenvalue weighted by Crippen LogP contribution is 2.35. The Labute approximate surface area is 198 Å². The van der Waals surface area contributed by atoms with Gasteiger partial charge in [-0.1, -0.05) is 48.5 Å². The lowest BCUT2D eigenvalue weighted by atomic mass is 10.1. The monoisotopic (exact) mass is 459 g/mol. The minimum Gasteiger partial charge on any atom is -0.295 e. The molecule has 5 rings (SSSR count). The maximum absolute atomic E-state index is 14.6. The van der Waals surface area contributed by atoms with Gasteiger partial charge in [-0.05, 0) is 55.7 Å². The first-order valence-corrected chi connectivity index (χ1v) is 11.6. The number of halogens is 1. The number of aromatic nitrogens is 4. The summed E-state index contributed by atoms with van der Waals surface area (Å²) in [6, 6.07) is 21.5. The second-order valence-corrected chi connectivity index (χ2v) is 8.87. The molecule has 0 unspecified atom stereocenters. The van der Waals surface area contributed by atoms with Crippen LogP contribution in [0.5, 0.6) is 0 Å². The molecule has 4 aromatic rings. The standard InChI is InChI=1S/C26H26FN5S/c1-19(23-11-5-6-12-24(23)27)31(22-13-14-22)18-32-26(33)30(17-20-8-3-2-4-9-20)25(29-32)21-10-7-15-28-16-21/h2-12,15-16,19,22H,13-14,17-18H2,1H3/t19-/m1/s1. The van der Waals surface area contributed by atoms with Crippen molar-refractivity contribution in [1.29, 1.82) is 0 Å². The number of rotatable bonds is 8. The Kier molecular flexibility index (Phi) is 6.15. The van der Waals surface area contributed by atoms with E-state index in [1.165, 1.54) is 6.07 Å². The molecule has 7 heteroatoms. The van der Waals surface area contributed by atoms with Gasteiger partial charge in [0.1, 0.15) is 5.82 Å². The van der Waals surface area contributed by atoms with Crippen molar-refractivity contribution < 1.29 is 4.39 Å². The molecular weight excluding hydrogens is 433 g/mol. The third kappa shape index (κ3) is 4.65. The molecule has 1 aliphatic carbocycles. The van der Waals surface area contributed by atoms with Crippen LogP contribution in [0.15, 0.2) is 79.1 Å². The largest absolute Gasteiger partial charge is 0.295 e. The lowest BCUT2D eigenvalue weighted by Crippen LogP contribution is -2.32. The second kappa shape index (κ2) is 9.37. The fourth-order valence-corrected chi connectivity index (χ4v) is 4.51. The zero-order valence-electron chi connectivity index (χ0n) is 18.5. The molecule has 0 amide bonds. The highest BCUT2D eigenvalue weighted by molar-refractivity contribution is 7.71. The summed E-state index contributed by atoms with van der Waals surface area (Å²) in [5.74, 6) is 0.608. The summed E-state index contributed by atoms with van der Waals surface area (Å²) in [7, 11) is 0. The maximum atomic E-state index is 14.6. The normalized spacial score (nSPS) is 14.5. The molecule has 0 spiro atoms. The summed E-state index contributed by atoms with van der Waals surface area (Å²) in [6.07, 6.45) is 5.77. The predicted molar refractivity (Wildman–Crippen MR) is 130 cm³/mol. The van der Waals surface area contributed by atoms with Gasteiger partial charge in [0.25, 0.3) is 0 Å². The van der Waals surface area contributed by atoms with Crippen LogP contribution >= 0.6 is 12.2 Å². The molecular formula is C26H26FN5S. The van der Waals surface area contributed by atoms with Crippen molar-refractivity contribution in [2.24, 2.45) is 0 Å². The van der Waals surface area contributed by atoms with Gasteiger partial charge in [-0.2, -0.15) is 5.10 Å². The lowest BCUT2D eigenvalue weighted by Gasteiger charge is -2.29. The highest BCUT2D eigenvalue weighted by atomic mass is 32.1. The summed E-state index contributed by atoms with van der Waals surface area (Å²) in [6.45, 7) is 3.19. The molecule has 33 heavy (non-hydrogen) atoms. The van der Waals surface area contributed by atoms with Crippen molar-refractivity contribution in [3.05, 3.63) is 101 Å². The Hall–Kier alpha value is -3.16. The molecule has 2 heterocycles. The van der Waals surface area contributed by atoms with Gasteiger partial charge in [-0.3, -0.25) is 14.5 Å². The van der Waals surface area contributed by atoms with Gasteiger partial charge < -0.3 is 0 Å². The molecule has 5 nitrogen and oxygen atoms in total. The fourth-order valence-electron chi connectivity index (χ4n) is 4.26. The predicted octanol–water partition coefficient (Wildman–Crippen LogP) is 5.85.